The molecule has 13 heteroatoms. The minimum absolute atomic E-state index is 0.00541. The number of nitro groups is 1. The molecule has 0 aromatic heterocycles. The fourth-order valence-electron chi connectivity index (χ4n) is 4.39. The predicted molar refractivity (Wildman–Crippen MR) is 168 cm³/mol. The molecule has 11 nitrogen and oxygen atoms in total. The maximum absolute atomic E-state index is 14.2. The second-order valence-corrected chi connectivity index (χ2v) is 13.2. The lowest BCUT2D eigenvalue weighted by Gasteiger charge is -2.34. The van der Waals surface area contributed by atoms with Crippen molar-refractivity contribution >= 4 is 49.1 Å². The first-order valence-electron chi connectivity index (χ1n) is 13.5. The Hall–Kier alpha value is -3.97. The van der Waals surface area contributed by atoms with E-state index in [0.29, 0.717) is 12.1 Å². The van der Waals surface area contributed by atoms with E-state index >= 15 is 0 Å². The summed E-state index contributed by atoms with van der Waals surface area (Å²) >= 11 is 3.44. The number of anilines is 1. The van der Waals surface area contributed by atoms with Gasteiger partial charge in [-0.15, -0.1) is 0 Å². The number of nitrogens with one attached hydrogen (secondary N) is 1. The summed E-state index contributed by atoms with van der Waals surface area (Å²) in [6.07, 6.45) is 1.07. The predicted octanol–water partition coefficient (Wildman–Crippen LogP) is 4.54. The summed E-state index contributed by atoms with van der Waals surface area (Å²) in [6.45, 7) is 3.55. The van der Waals surface area contributed by atoms with Crippen LogP contribution in [-0.4, -0.2) is 62.6 Å². The number of benzene rings is 3. The van der Waals surface area contributed by atoms with E-state index in [1.165, 1.54) is 24.1 Å². The molecule has 0 aliphatic heterocycles. The van der Waals surface area contributed by atoms with Crippen LogP contribution >= 0.6 is 15.9 Å². The lowest BCUT2D eigenvalue weighted by atomic mass is 10.0. The summed E-state index contributed by atoms with van der Waals surface area (Å²) in [6, 6.07) is 18.9. The third kappa shape index (κ3) is 9.52. The Kier molecular flexibility index (Phi) is 11.7. The molecule has 0 fully saturated rings. The van der Waals surface area contributed by atoms with Crippen molar-refractivity contribution in [3.8, 4) is 5.75 Å². The molecular weight excluding hydrogens is 640 g/mol. The van der Waals surface area contributed by atoms with Crippen LogP contribution in [0.5, 0.6) is 5.75 Å². The highest BCUT2D eigenvalue weighted by Crippen LogP contribution is 2.34. The van der Waals surface area contributed by atoms with Crippen molar-refractivity contribution in [1.82, 2.24) is 10.2 Å². The average Bonchev–Trinajstić information content (AvgIpc) is 2.95. The van der Waals surface area contributed by atoms with Gasteiger partial charge in [0, 0.05) is 36.1 Å². The number of non-ortho nitro benzene ring substituents is 1. The van der Waals surface area contributed by atoms with Crippen LogP contribution in [0.15, 0.2) is 77.3 Å². The largest absolute Gasteiger partial charge is 0.495 e. The van der Waals surface area contributed by atoms with Crippen molar-refractivity contribution in [1.29, 1.82) is 0 Å². The monoisotopic (exact) mass is 674 g/mol. The number of methoxy groups -OCH3 is 1. The lowest BCUT2D eigenvalue weighted by molar-refractivity contribution is -0.384. The van der Waals surface area contributed by atoms with Gasteiger partial charge >= 0.3 is 0 Å². The first kappa shape index (κ1) is 33.5. The van der Waals surface area contributed by atoms with Gasteiger partial charge in [0.25, 0.3) is 5.69 Å². The van der Waals surface area contributed by atoms with Crippen LogP contribution in [-0.2, 0) is 32.6 Å². The number of hydrogen-bond acceptors (Lipinski definition) is 7. The summed E-state index contributed by atoms with van der Waals surface area (Å²) in [4.78, 5) is 40.1. The van der Waals surface area contributed by atoms with Gasteiger partial charge in [0.15, 0.2) is 0 Å². The smallest absolute Gasteiger partial charge is 0.271 e. The maximum atomic E-state index is 14.2. The first-order chi connectivity index (χ1) is 20.3. The van der Waals surface area contributed by atoms with E-state index in [2.05, 4.69) is 21.2 Å². The second-order valence-electron chi connectivity index (χ2n) is 10.4. The van der Waals surface area contributed by atoms with E-state index in [4.69, 9.17) is 4.74 Å². The van der Waals surface area contributed by atoms with Gasteiger partial charge in [-0.3, -0.25) is 24.0 Å². The van der Waals surface area contributed by atoms with Crippen molar-refractivity contribution in [3.05, 3.63) is 98.5 Å². The number of hydrogen-bond donors (Lipinski definition) is 1. The van der Waals surface area contributed by atoms with Crippen molar-refractivity contribution in [2.75, 3.05) is 30.8 Å². The molecular formula is C30H35BrN4O7S. The number of carbonyl (C=O) groups is 2. The molecule has 3 aromatic carbocycles. The highest BCUT2D eigenvalue weighted by molar-refractivity contribution is 9.10. The molecule has 0 heterocycles. The highest BCUT2D eigenvalue weighted by Gasteiger charge is 2.34. The number of amides is 2. The quantitative estimate of drug-likeness (QED) is 0.196. The van der Waals surface area contributed by atoms with Crippen LogP contribution < -0.4 is 14.4 Å². The fraction of sp³-hybridized carbons (Fsp3) is 0.333. The Morgan fingerprint density at radius 2 is 1.70 bits per heavy atom. The standard InChI is InChI=1S/C30H35BrN4O7S/c1-21(2)18-32-30(37)27(16-22-9-6-5-7-10-22)33(19-23-11-8-12-24(31)15-23)29(36)20-34(43(4,40)41)26-17-25(35(38)39)13-14-28(26)42-3/h5-15,17,21,27H,16,18-20H2,1-4H3,(H,32,37)/t27-/m1/s1. The Morgan fingerprint density at radius 3 is 2.28 bits per heavy atom. The van der Waals surface area contributed by atoms with Gasteiger partial charge in [0.05, 0.1) is 18.3 Å². The summed E-state index contributed by atoms with van der Waals surface area (Å²) in [5.41, 5.74) is 0.965. The van der Waals surface area contributed by atoms with Gasteiger partial charge in [-0.25, -0.2) is 8.42 Å². The van der Waals surface area contributed by atoms with Gasteiger partial charge in [0.2, 0.25) is 21.8 Å². The van der Waals surface area contributed by atoms with E-state index in [9.17, 15) is 28.1 Å². The van der Waals surface area contributed by atoms with E-state index in [0.717, 1.165) is 26.7 Å². The molecule has 2 amide bonds. The minimum Gasteiger partial charge on any atom is -0.495 e. The SMILES string of the molecule is COc1ccc([N+](=O)[O-])cc1N(CC(=O)N(Cc1cccc(Br)c1)[C@H](Cc1ccccc1)C(=O)NCC(C)C)S(C)(=O)=O. The van der Waals surface area contributed by atoms with Crippen molar-refractivity contribution in [2.24, 2.45) is 5.92 Å². The van der Waals surface area contributed by atoms with Gasteiger partial charge in [-0.05, 0) is 35.2 Å². The Labute approximate surface area is 260 Å². The zero-order chi connectivity index (χ0) is 31.7. The van der Waals surface area contributed by atoms with Crippen LogP contribution in [0, 0.1) is 16.0 Å². The van der Waals surface area contributed by atoms with E-state index in [1.807, 2.05) is 56.3 Å². The molecule has 3 rings (SSSR count). The highest BCUT2D eigenvalue weighted by atomic mass is 79.9. The molecule has 0 unspecified atom stereocenters. The molecule has 0 aliphatic carbocycles. The number of rotatable bonds is 14. The molecule has 0 saturated heterocycles. The number of sulfonamides is 1. The van der Waals surface area contributed by atoms with Crippen molar-refractivity contribution in [3.63, 3.8) is 0 Å². The molecule has 230 valence electrons. The van der Waals surface area contributed by atoms with Gasteiger partial charge < -0.3 is 15.0 Å². The Morgan fingerprint density at radius 1 is 1.02 bits per heavy atom. The zero-order valence-electron chi connectivity index (χ0n) is 24.4. The van der Waals surface area contributed by atoms with E-state index in [-0.39, 0.29) is 41.9 Å². The summed E-state index contributed by atoms with van der Waals surface area (Å²) in [5, 5.41) is 14.4. The summed E-state index contributed by atoms with van der Waals surface area (Å²) in [7, 11) is -2.86. The number of halogens is 1. The topological polar surface area (TPSA) is 139 Å². The first-order valence-corrected chi connectivity index (χ1v) is 16.1. The molecule has 1 atom stereocenters. The molecule has 0 bridgehead atoms. The molecule has 3 aromatic rings. The summed E-state index contributed by atoms with van der Waals surface area (Å²) in [5.74, 6) is -0.894. The Bertz CT molecular complexity index is 1550. The van der Waals surface area contributed by atoms with E-state index < -0.39 is 33.4 Å². The summed E-state index contributed by atoms with van der Waals surface area (Å²) < 4.78 is 32.9. The van der Waals surface area contributed by atoms with Crippen molar-refractivity contribution < 1.29 is 27.7 Å². The zero-order valence-corrected chi connectivity index (χ0v) is 26.8. The van der Waals surface area contributed by atoms with Gasteiger partial charge in [0.1, 0.15) is 24.0 Å². The van der Waals surface area contributed by atoms with Crippen LogP contribution in [0.4, 0.5) is 11.4 Å². The molecule has 43 heavy (non-hydrogen) atoms. The van der Waals surface area contributed by atoms with Gasteiger partial charge in [-0.1, -0.05) is 72.2 Å². The molecule has 0 radical (unpaired) electrons. The molecule has 1 N–H and O–H groups in total. The number of nitro benzene ring substituents is 1. The number of carbonyl (C=O) groups excluding carboxylic acids is 2. The average molecular weight is 676 g/mol. The van der Waals surface area contributed by atoms with E-state index in [1.54, 1.807) is 12.1 Å². The van der Waals surface area contributed by atoms with Gasteiger partial charge in [-0.2, -0.15) is 0 Å². The maximum Gasteiger partial charge on any atom is 0.271 e. The molecule has 0 aliphatic rings. The number of nitrogens with zero attached hydrogens (tertiary/aromatic N) is 3. The normalized spacial score (nSPS) is 12.0. The Balaban J connectivity index is 2.12. The number of ether oxygens (including phenoxy) is 1. The van der Waals surface area contributed by atoms with Crippen LogP contribution in [0.25, 0.3) is 0 Å². The third-order valence-corrected chi connectivity index (χ3v) is 8.14. The molecule has 0 saturated carbocycles. The van der Waals surface area contributed by atoms with Crippen LogP contribution in [0.3, 0.4) is 0 Å². The second kappa shape index (κ2) is 15.0. The van der Waals surface area contributed by atoms with Crippen LogP contribution in [0.2, 0.25) is 0 Å². The lowest BCUT2D eigenvalue weighted by Crippen LogP contribution is -2.53. The minimum atomic E-state index is -4.15. The van der Waals surface area contributed by atoms with Crippen LogP contribution in [0.1, 0.15) is 25.0 Å². The van der Waals surface area contributed by atoms with Crippen molar-refractivity contribution in [2.45, 2.75) is 32.9 Å². The fourth-order valence-corrected chi connectivity index (χ4v) is 5.68. The third-order valence-electron chi connectivity index (χ3n) is 6.52. The molecule has 0 spiro atoms.